The quantitative estimate of drug-likeness (QED) is 0.497. The average Bonchev–Trinajstić information content (AvgIpc) is 3.76. The van der Waals surface area contributed by atoms with Crippen LogP contribution in [-0.2, 0) is 24.4 Å². The molecule has 4 aliphatic rings. The van der Waals surface area contributed by atoms with Crippen molar-refractivity contribution in [3.63, 3.8) is 0 Å². The number of allylic oxidation sites excluding steroid dienone is 2. The zero-order valence-electron chi connectivity index (χ0n) is 24.3. The number of hydrogen-bond donors (Lipinski definition) is 2. The number of amides is 2. The fourth-order valence-electron chi connectivity index (χ4n) is 6.48. The number of carbonyl (C=O) groups excluding carboxylic acids is 3. The zero-order chi connectivity index (χ0) is 29.7. The van der Waals surface area contributed by atoms with Crippen LogP contribution in [0.5, 0.6) is 6.01 Å². The molecule has 5 atom stereocenters. The van der Waals surface area contributed by atoms with Gasteiger partial charge in [-0.25, -0.2) is 8.42 Å². The summed E-state index contributed by atoms with van der Waals surface area (Å²) in [5.74, 6) is -1.40. The average molecular weight is 597 g/mol. The molecule has 3 fully saturated rings. The summed E-state index contributed by atoms with van der Waals surface area (Å²) >= 11 is 0. The molecular formula is C31H40N4O6S. The predicted molar refractivity (Wildman–Crippen MR) is 157 cm³/mol. The third-order valence-electron chi connectivity index (χ3n) is 9.77. The van der Waals surface area contributed by atoms with Crippen LogP contribution in [0.2, 0.25) is 0 Å². The first-order valence-corrected chi connectivity index (χ1v) is 16.7. The van der Waals surface area contributed by atoms with Crippen molar-refractivity contribution >= 4 is 38.7 Å². The number of ether oxygens (including phenoxy) is 1. The molecule has 2 aliphatic carbocycles. The maximum absolute atomic E-state index is 14.0. The number of nitrogens with zero attached hydrogens (tertiary/aromatic N) is 2. The second-order valence-corrected chi connectivity index (χ2v) is 15.2. The number of hydrogen-bond acceptors (Lipinski definition) is 7. The van der Waals surface area contributed by atoms with E-state index in [1.54, 1.807) is 11.8 Å². The van der Waals surface area contributed by atoms with Crippen molar-refractivity contribution < 1.29 is 27.5 Å². The van der Waals surface area contributed by atoms with E-state index in [4.69, 9.17) is 4.74 Å². The minimum atomic E-state index is -3.85. The second kappa shape index (κ2) is 10.8. The number of nitrogens with one attached hydrogen (secondary N) is 2. The molecule has 11 heteroatoms. The van der Waals surface area contributed by atoms with E-state index in [9.17, 15) is 22.8 Å². The normalized spacial score (nSPS) is 32.3. The fraction of sp³-hybridized carbons (Fsp3) is 0.613. The Morgan fingerprint density at radius 3 is 2.71 bits per heavy atom. The summed E-state index contributed by atoms with van der Waals surface area (Å²) in [6.45, 7) is 3.79. The molecule has 2 aliphatic heterocycles. The molecular weight excluding hydrogens is 556 g/mol. The first-order valence-electron chi connectivity index (χ1n) is 15.2. The van der Waals surface area contributed by atoms with Gasteiger partial charge < -0.3 is 14.6 Å². The molecule has 1 saturated heterocycles. The number of fused-ring (bicyclic) bond motifs is 3. The Labute approximate surface area is 246 Å². The number of benzene rings is 1. The molecule has 2 N–H and O–H groups in total. The maximum atomic E-state index is 14.0. The monoisotopic (exact) mass is 596 g/mol. The molecule has 2 amide bonds. The summed E-state index contributed by atoms with van der Waals surface area (Å²) in [6.07, 6.45) is 9.60. The second-order valence-electron chi connectivity index (χ2n) is 13.0. The lowest BCUT2D eigenvalue weighted by Crippen LogP contribution is -2.46. The maximum Gasteiger partial charge on any atom is 0.294 e. The number of aromatic nitrogens is 2. The summed E-state index contributed by atoms with van der Waals surface area (Å²) in [6, 6.07) is 7.14. The molecule has 0 unspecified atom stereocenters. The van der Waals surface area contributed by atoms with Crippen LogP contribution in [0, 0.1) is 17.3 Å². The third-order valence-corrected chi connectivity index (χ3v) is 11.9. The van der Waals surface area contributed by atoms with Crippen molar-refractivity contribution in [1.82, 2.24) is 19.6 Å². The van der Waals surface area contributed by atoms with Crippen molar-refractivity contribution in [2.45, 2.75) is 94.9 Å². The van der Waals surface area contributed by atoms with Crippen molar-refractivity contribution in [3.05, 3.63) is 36.4 Å². The highest BCUT2D eigenvalue weighted by Crippen LogP contribution is 2.57. The highest BCUT2D eigenvalue weighted by atomic mass is 32.2. The molecule has 0 spiro atoms. The van der Waals surface area contributed by atoms with Gasteiger partial charge in [-0.1, -0.05) is 44.1 Å². The number of imidazole rings is 1. The number of H-pyrrole nitrogens is 1. The number of sulfonamides is 1. The Balaban J connectivity index is 1.25. The van der Waals surface area contributed by atoms with Gasteiger partial charge in [0.05, 0.1) is 33.8 Å². The molecule has 226 valence electrons. The van der Waals surface area contributed by atoms with E-state index >= 15 is 0 Å². The number of aromatic amines is 1. The lowest BCUT2D eigenvalue weighted by molar-refractivity contribution is -0.141. The number of para-hydroxylation sites is 2. The van der Waals surface area contributed by atoms with Crippen molar-refractivity contribution in [3.8, 4) is 6.01 Å². The van der Waals surface area contributed by atoms with Gasteiger partial charge in [-0.15, -0.1) is 0 Å². The Kier molecular flexibility index (Phi) is 7.43. The first kappa shape index (κ1) is 28.9. The third kappa shape index (κ3) is 5.47. The SMILES string of the molecule is C[C@H]1CCCCC/C=C\[C@@H]2C[C@@]2(C(=O)NS(=O)(=O)C2(C)CC2)CC(=O)[C@@H]2C[C@@H](Oc3nc4ccccc4[nH]3)CN2C1=O. The number of rotatable bonds is 5. The molecule has 1 aromatic heterocycles. The van der Waals surface area contributed by atoms with Gasteiger partial charge in [0, 0.05) is 18.8 Å². The minimum absolute atomic E-state index is 0.0906. The molecule has 10 nitrogen and oxygen atoms in total. The van der Waals surface area contributed by atoms with Gasteiger partial charge in [0.2, 0.25) is 21.8 Å². The van der Waals surface area contributed by atoms with Crippen LogP contribution >= 0.6 is 0 Å². The smallest absolute Gasteiger partial charge is 0.294 e. The van der Waals surface area contributed by atoms with E-state index in [2.05, 4.69) is 14.7 Å². The van der Waals surface area contributed by atoms with Crippen molar-refractivity contribution in [2.75, 3.05) is 6.54 Å². The molecule has 2 saturated carbocycles. The number of carbonyl (C=O) groups is 3. The van der Waals surface area contributed by atoms with Crippen LogP contribution in [0.1, 0.15) is 78.1 Å². The Morgan fingerprint density at radius 1 is 1.17 bits per heavy atom. The van der Waals surface area contributed by atoms with E-state index in [0.29, 0.717) is 25.3 Å². The standard InChI is InChI=1S/C31H40N4O6S/c1-20-10-6-4-3-5-7-11-21-17-31(21,28(38)34-42(39,40)30(2)14-15-30)18-26(36)25-16-22(19-35(25)27(20)37)41-29-32-23-12-8-9-13-24(23)33-29/h7-9,11-13,20-22,25H,3-6,10,14-19H2,1-2H3,(H,32,33)(H,34,38)/b11-7-/t20-,21+,22+,25-,31+/m0/s1. The van der Waals surface area contributed by atoms with Crippen LogP contribution in [0.4, 0.5) is 0 Å². The Bertz CT molecular complexity index is 1500. The fourth-order valence-corrected chi connectivity index (χ4v) is 7.82. The molecule has 3 heterocycles. The minimum Gasteiger partial charge on any atom is -0.459 e. The van der Waals surface area contributed by atoms with E-state index in [1.165, 1.54) is 0 Å². The first-order chi connectivity index (χ1) is 20.0. The Morgan fingerprint density at radius 2 is 1.95 bits per heavy atom. The zero-order valence-corrected chi connectivity index (χ0v) is 25.1. The lowest BCUT2D eigenvalue weighted by Gasteiger charge is -2.28. The van der Waals surface area contributed by atoms with Gasteiger partial charge in [0.25, 0.3) is 6.01 Å². The van der Waals surface area contributed by atoms with Gasteiger partial charge in [-0.05, 0) is 63.5 Å². The largest absolute Gasteiger partial charge is 0.459 e. The molecule has 42 heavy (non-hydrogen) atoms. The number of Topliss-reactive ketones (excluding diaryl/α,β-unsaturated/α-hetero) is 1. The van der Waals surface area contributed by atoms with Gasteiger partial charge in [-0.2, -0.15) is 4.98 Å². The summed E-state index contributed by atoms with van der Waals surface area (Å²) < 4.78 is 33.4. The molecule has 6 rings (SSSR count). The van der Waals surface area contributed by atoms with Crippen molar-refractivity contribution in [1.29, 1.82) is 0 Å². The topological polar surface area (TPSA) is 139 Å². The molecule has 2 aromatic rings. The van der Waals surface area contributed by atoms with E-state index < -0.39 is 38.2 Å². The van der Waals surface area contributed by atoms with E-state index in [1.807, 2.05) is 43.3 Å². The molecule has 0 bridgehead atoms. The Hall–Kier alpha value is -3.21. The van der Waals surface area contributed by atoms with Gasteiger partial charge >= 0.3 is 0 Å². The van der Waals surface area contributed by atoms with Gasteiger partial charge in [-0.3, -0.25) is 19.1 Å². The lowest BCUT2D eigenvalue weighted by atomic mass is 9.91. The van der Waals surface area contributed by atoms with Crippen molar-refractivity contribution in [2.24, 2.45) is 17.3 Å². The summed E-state index contributed by atoms with van der Waals surface area (Å²) in [5, 5.41) is 0. The summed E-state index contributed by atoms with van der Waals surface area (Å²) in [5.41, 5.74) is 0.457. The van der Waals surface area contributed by atoms with Crippen LogP contribution in [0.25, 0.3) is 11.0 Å². The van der Waals surface area contributed by atoms with Crippen LogP contribution < -0.4 is 9.46 Å². The summed E-state index contributed by atoms with van der Waals surface area (Å²) in [7, 11) is -3.85. The van der Waals surface area contributed by atoms with Crippen LogP contribution in [-0.4, -0.2) is 64.3 Å². The van der Waals surface area contributed by atoms with E-state index in [-0.39, 0.29) is 42.9 Å². The van der Waals surface area contributed by atoms with Gasteiger partial charge in [0.1, 0.15) is 6.10 Å². The van der Waals surface area contributed by atoms with Gasteiger partial charge in [0.15, 0.2) is 5.78 Å². The van der Waals surface area contributed by atoms with Crippen LogP contribution in [0.3, 0.4) is 0 Å². The molecule has 1 aromatic carbocycles. The highest BCUT2D eigenvalue weighted by Gasteiger charge is 2.62. The predicted octanol–water partition coefficient (Wildman–Crippen LogP) is 4.03. The highest BCUT2D eigenvalue weighted by molar-refractivity contribution is 7.91. The summed E-state index contributed by atoms with van der Waals surface area (Å²) in [4.78, 5) is 50.6. The van der Waals surface area contributed by atoms with E-state index in [0.717, 1.165) is 43.1 Å². The molecule has 0 radical (unpaired) electrons. The number of ketones is 1. The van der Waals surface area contributed by atoms with Crippen LogP contribution in [0.15, 0.2) is 36.4 Å².